The molecule has 10 heteroatoms. The molecule has 1 heterocycles. The summed E-state index contributed by atoms with van der Waals surface area (Å²) in [5, 5.41) is 10.8. The number of nitrogens with two attached hydrogens (primary N) is 1. The predicted molar refractivity (Wildman–Crippen MR) is 84.3 cm³/mol. The van der Waals surface area contributed by atoms with Crippen LogP contribution in [0.4, 0.5) is 5.69 Å². The number of halogens is 2. The Bertz CT molecular complexity index is 624. The molecule has 1 unspecified atom stereocenters. The van der Waals surface area contributed by atoms with Gasteiger partial charge in [0.1, 0.15) is 6.04 Å². The van der Waals surface area contributed by atoms with Gasteiger partial charge >= 0.3 is 0 Å². The lowest BCUT2D eigenvalue weighted by molar-refractivity contribution is -0.384. The second kappa shape index (κ2) is 7.12. The molecular formula is C13H14Cl2N4O4. The number of nitrogens with zero attached hydrogens (tertiary/aromatic N) is 3. The third-order valence-corrected chi connectivity index (χ3v) is 4.31. The fraction of sp³-hybridized carbons (Fsp3) is 0.385. The van der Waals surface area contributed by atoms with Crippen LogP contribution in [-0.2, 0) is 9.59 Å². The molecule has 0 radical (unpaired) electrons. The Morgan fingerprint density at radius 2 is 1.78 bits per heavy atom. The molecule has 124 valence electrons. The number of benzene rings is 1. The summed E-state index contributed by atoms with van der Waals surface area (Å²) in [5.41, 5.74) is 5.46. The number of piperazine rings is 1. The van der Waals surface area contributed by atoms with Gasteiger partial charge in [0.25, 0.3) is 5.69 Å². The van der Waals surface area contributed by atoms with E-state index in [0.29, 0.717) is 26.2 Å². The second-order valence-corrected chi connectivity index (χ2v) is 5.88. The van der Waals surface area contributed by atoms with Crippen LogP contribution in [0, 0.1) is 10.1 Å². The molecule has 0 spiro atoms. The fourth-order valence-corrected chi connectivity index (χ4v) is 3.23. The zero-order valence-electron chi connectivity index (χ0n) is 11.9. The van der Waals surface area contributed by atoms with Gasteiger partial charge in [0.2, 0.25) is 12.3 Å². The SMILES string of the molecule is NC(=O)C(c1c(Cl)cc([N+](=O)[O-])cc1Cl)N1CCN(C=O)CC1. The van der Waals surface area contributed by atoms with Crippen molar-refractivity contribution in [1.82, 2.24) is 9.80 Å². The number of non-ortho nitro benzene ring substituents is 1. The second-order valence-electron chi connectivity index (χ2n) is 5.06. The molecule has 1 aliphatic rings. The van der Waals surface area contributed by atoms with E-state index in [1.165, 1.54) is 0 Å². The van der Waals surface area contributed by atoms with Gasteiger partial charge in [-0.15, -0.1) is 0 Å². The quantitative estimate of drug-likeness (QED) is 0.481. The normalized spacial score (nSPS) is 16.9. The van der Waals surface area contributed by atoms with Gasteiger partial charge in [0.05, 0.1) is 15.0 Å². The third-order valence-electron chi connectivity index (χ3n) is 3.68. The summed E-state index contributed by atoms with van der Waals surface area (Å²) in [5.74, 6) is -0.665. The Morgan fingerprint density at radius 3 is 2.17 bits per heavy atom. The molecule has 2 N–H and O–H groups in total. The van der Waals surface area contributed by atoms with Crippen molar-refractivity contribution in [1.29, 1.82) is 0 Å². The summed E-state index contributed by atoms with van der Waals surface area (Å²) < 4.78 is 0. The first-order valence-electron chi connectivity index (χ1n) is 6.71. The molecule has 2 amide bonds. The number of nitro benzene ring substituents is 1. The van der Waals surface area contributed by atoms with Gasteiger partial charge in [-0.2, -0.15) is 0 Å². The van der Waals surface area contributed by atoms with E-state index < -0.39 is 16.9 Å². The van der Waals surface area contributed by atoms with E-state index in [2.05, 4.69) is 0 Å². The van der Waals surface area contributed by atoms with Crippen molar-refractivity contribution in [2.24, 2.45) is 5.73 Å². The largest absolute Gasteiger partial charge is 0.368 e. The van der Waals surface area contributed by atoms with Crippen molar-refractivity contribution >= 4 is 41.2 Å². The molecule has 1 fully saturated rings. The maximum Gasteiger partial charge on any atom is 0.272 e. The molecular weight excluding hydrogens is 347 g/mol. The predicted octanol–water partition coefficient (Wildman–Crippen LogP) is 1.20. The van der Waals surface area contributed by atoms with E-state index in [9.17, 15) is 19.7 Å². The minimum Gasteiger partial charge on any atom is -0.368 e. The van der Waals surface area contributed by atoms with Crippen molar-refractivity contribution < 1.29 is 14.5 Å². The lowest BCUT2D eigenvalue weighted by Crippen LogP contribution is -2.50. The van der Waals surface area contributed by atoms with Gasteiger partial charge in [0.15, 0.2) is 0 Å². The van der Waals surface area contributed by atoms with Crippen LogP contribution < -0.4 is 5.73 Å². The van der Waals surface area contributed by atoms with E-state index >= 15 is 0 Å². The summed E-state index contributed by atoms with van der Waals surface area (Å²) in [6, 6.07) is 1.37. The van der Waals surface area contributed by atoms with Crippen molar-refractivity contribution in [3.05, 3.63) is 37.9 Å². The van der Waals surface area contributed by atoms with E-state index in [4.69, 9.17) is 28.9 Å². The average Bonchev–Trinajstić information content (AvgIpc) is 2.50. The third kappa shape index (κ3) is 3.72. The Balaban J connectivity index is 2.37. The summed E-state index contributed by atoms with van der Waals surface area (Å²) in [7, 11) is 0. The van der Waals surface area contributed by atoms with Gasteiger partial charge in [0, 0.05) is 43.9 Å². The van der Waals surface area contributed by atoms with Gasteiger partial charge in [-0.1, -0.05) is 23.2 Å². The first kappa shape index (κ1) is 17.5. The lowest BCUT2D eigenvalue weighted by Gasteiger charge is -2.37. The van der Waals surface area contributed by atoms with E-state index in [1.54, 1.807) is 9.80 Å². The highest BCUT2D eigenvalue weighted by Crippen LogP contribution is 2.37. The highest BCUT2D eigenvalue weighted by Gasteiger charge is 2.33. The number of nitro groups is 1. The van der Waals surface area contributed by atoms with Crippen molar-refractivity contribution in [2.75, 3.05) is 26.2 Å². The van der Waals surface area contributed by atoms with E-state index in [1.807, 2.05) is 0 Å². The van der Waals surface area contributed by atoms with Crippen LogP contribution >= 0.6 is 23.2 Å². The molecule has 1 saturated heterocycles. The number of primary amides is 1. The van der Waals surface area contributed by atoms with Crippen LogP contribution in [0.1, 0.15) is 11.6 Å². The van der Waals surface area contributed by atoms with Crippen LogP contribution in [0.5, 0.6) is 0 Å². The first-order chi connectivity index (χ1) is 10.8. The molecule has 1 atom stereocenters. The van der Waals surface area contributed by atoms with Crippen LogP contribution in [0.25, 0.3) is 0 Å². The molecule has 0 aliphatic carbocycles. The first-order valence-corrected chi connectivity index (χ1v) is 7.46. The molecule has 0 saturated carbocycles. The summed E-state index contributed by atoms with van der Waals surface area (Å²) >= 11 is 12.2. The number of amides is 2. The van der Waals surface area contributed by atoms with E-state index in [-0.39, 0.29) is 21.3 Å². The molecule has 1 aromatic rings. The van der Waals surface area contributed by atoms with Gasteiger partial charge < -0.3 is 10.6 Å². The fourth-order valence-electron chi connectivity index (χ4n) is 2.54. The van der Waals surface area contributed by atoms with Gasteiger partial charge in [-0.05, 0) is 0 Å². The van der Waals surface area contributed by atoms with Gasteiger partial charge in [-0.25, -0.2) is 0 Å². The van der Waals surface area contributed by atoms with Crippen molar-refractivity contribution in [3.63, 3.8) is 0 Å². The summed E-state index contributed by atoms with van der Waals surface area (Å²) in [4.78, 5) is 36.2. The average molecular weight is 361 g/mol. The maximum atomic E-state index is 11.9. The molecule has 1 aliphatic heterocycles. The number of hydrogen-bond donors (Lipinski definition) is 1. The van der Waals surface area contributed by atoms with Crippen molar-refractivity contribution in [2.45, 2.75) is 6.04 Å². The lowest BCUT2D eigenvalue weighted by atomic mass is 10.0. The van der Waals surface area contributed by atoms with E-state index in [0.717, 1.165) is 18.5 Å². The number of rotatable bonds is 5. The molecule has 8 nitrogen and oxygen atoms in total. The minimum atomic E-state index is -0.912. The standard InChI is InChI=1S/C13H14Cl2N4O4/c14-9-5-8(19(22)23)6-10(15)11(9)12(13(16)21)18-3-1-17(7-20)2-4-18/h5-7,12H,1-4H2,(H2,16,21). The Hall–Kier alpha value is -1.90. The molecule has 2 rings (SSSR count). The Kier molecular flexibility index (Phi) is 5.40. The van der Waals surface area contributed by atoms with Crippen LogP contribution in [0.3, 0.4) is 0 Å². The number of carbonyl (C=O) groups is 2. The minimum absolute atomic E-state index is 0.00539. The summed E-state index contributed by atoms with van der Waals surface area (Å²) in [6.07, 6.45) is 0.739. The summed E-state index contributed by atoms with van der Waals surface area (Å²) in [6.45, 7) is 1.71. The highest BCUT2D eigenvalue weighted by atomic mass is 35.5. The maximum absolute atomic E-state index is 11.9. The highest BCUT2D eigenvalue weighted by molar-refractivity contribution is 6.36. The zero-order valence-corrected chi connectivity index (χ0v) is 13.5. The molecule has 23 heavy (non-hydrogen) atoms. The Labute approximate surface area is 141 Å². The van der Waals surface area contributed by atoms with Gasteiger partial charge in [-0.3, -0.25) is 24.6 Å². The molecule has 1 aromatic carbocycles. The van der Waals surface area contributed by atoms with Crippen LogP contribution in [0.15, 0.2) is 12.1 Å². The van der Waals surface area contributed by atoms with Crippen LogP contribution in [-0.4, -0.2) is 53.2 Å². The molecule has 0 bridgehead atoms. The monoisotopic (exact) mass is 360 g/mol. The smallest absolute Gasteiger partial charge is 0.272 e. The topological polar surface area (TPSA) is 110 Å². The van der Waals surface area contributed by atoms with Crippen molar-refractivity contribution in [3.8, 4) is 0 Å². The molecule has 0 aromatic heterocycles. The number of hydrogen-bond acceptors (Lipinski definition) is 5. The zero-order chi connectivity index (χ0) is 17.1. The van der Waals surface area contributed by atoms with Crippen LogP contribution in [0.2, 0.25) is 10.0 Å². The number of carbonyl (C=O) groups excluding carboxylic acids is 2. The Morgan fingerprint density at radius 1 is 1.26 bits per heavy atom.